The van der Waals surface area contributed by atoms with Gasteiger partial charge in [0.1, 0.15) is 0 Å². The van der Waals surface area contributed by atoms with Gasteiger partial charge in [0.25, 0.3) is 5.91 Å². The zero-order valence-electron chi connectivity index (χ0n) is 14.9. The van der Waals surface area contributed by atoms with Crippen LogP contribution in [0.5, 0.6) is 17.2 Å². The molecule has 0 spiro atoms. The Kier molecular flexibility index (Phi) is 4.88. The lowest BCUT2D eigenvalue weighted by Crippen LogP contribution is -2.43. The Morgan fingerprint density at radius 1 is 1.12 bits per heavy atom. The number of carbonyl (C=O) groups is 3. The lowest BCUT2D eigenvalue weighted by Gasteiger charge is -2.22. The van der Waals surface area contributed by atoms with Gasteiger partial charge in [-0.15, -0.1) is 0 Å². The summed E-state index contributed by atoms with van der Waals surface area (Å²) in [6, 6.07) is 2.53. The minimum Gasteiger partial charge on any atom is -0.493 e. The standard InChI is InChI=1S/C17H21N3O6/c1-24-12-5-4-11(14(25-2)15(12)26-3)16(22)19-7-6-10(9-19)20-13(21)8-18-17(20)23/h4-5,10H,6-9H2,1-3H3,(H,18,23). The van der Waals surface area contributed by atoms with Crippen molar-refractivity contribution >= 4 is 17.8 Å². The lowest BCUT2D eigenvalue weighted by atomic mass is 10.1. The van der Waals surface area contributed by atoms with Crippen LogP contribution in [0.2, 0.25) is 0 Å². The van der Waals surface area contributed by atoms with Crippen molar-refractivity contribution in [3.63, 3.8) is 0 Å². The van der Waals surface area contributed by atoms with Crippen LogP contribution in [0.15, 0.2) is 12.1 Å². The van der Waals surface area contributed by atoms with Crippen LogP contribution in [0.1, 0.15) is 16.8 Å². The van der Waals surface area contributed by atoms with E-state index < -0.39 is 6.03 Å². The number of imide groups is 1. The van der Waals surface area contributed by atoms with E-state index in [9.17, 15) is 14.4 Å². The average molecular weight is 363 g/mol. The highest BCUT2D eigenvalue weighted by molar-refractivity contribution is 6.02. The first kappa shape index (κ1) is 17.8. The number of methoxy groups -OCH3 is 3. The smallest absolute Gasteiger partial charge is 0.324 e. The molecule has 26 heavy (non-hydrogen) atoms. The normalized spacial score (nSPS) is 19.6. The molecule has 0 aliphatic carbocycles. The maximum absolute atomic E-state index is 13.0. The molecule has 2 saturated heterocycles. The Morgan fingerprint density at radius 3 is 2.42 bits per heavy atom. The van der Waals surface area contributed by atoms with Gasteiger partial charge < -0.3 is 24.4 Å². The van der Waals surface area contributed by atoms with Crippen molar-refractivity contribution in [2.75, 3.05) is 41.0 Å². The molecule has 0 saturated carbocycles. The first-order valence-corrected chi connectivity index (χ1v) is 8.20. The fourth-order valence-electron chi connectivity index (χ4n) is 3.38. The van der Waals surface area contributed by atoms with Gasteiger partial charge in [-0.2, -0.15) is 0 Å². The predicted octanol–water partition coefficient (Wildman–Crippen LogP) is 0.479. The van der Waals surface area contributed by atoms with E-state index in [4.69, 9.17) is 14.2 Å². The van der Waals surface area contributed by atoms with Crippen LogP contribution >= 0.6 is 0 Å². The number of nitrogens with zero attached hydrogens (tertiary/aromatic N) is 2. The number of benzene rings is 1. The summed E-state index contributed by atoms with van der Waals surface area (Å²) in [5.41, 5.74) is 0.336. The highest BCUT2D eigenvalue weighted by Gasteiger charge is 2.40. The van der Waals surface area contributed by atoms with Gasteiger partial charge in [0.05, 0.1) is 39.5 Å². The van der Waals surface area contributed by atoms with Crippen LogP contribution in [0.25, 0.3) is 0 Å². The molecule has 2 fully saturated rings. The molecule has 3 rings (SSSR count). The van der Waals surface area contributed by atoms with Gasteiger partial charge in [0, 0.05) is 13.1 Å². The number of carbonyl (C=O) groups excluding carboxylic acids is 3. The Bertz CT molecular complexity index is 734. The molecule has 0 bridgehead atoms. The number of nitrogens with one attached hydrogen (secondary N) is 1. The molecular weight excluding hydrogens is 342 g/mol. The van der Waals surface area contributed by atoms with Crippen molar-refractivity contribution in [2.45, 2.75) is 12.5 Å². The fraction of sp³-hybridized carbons (Fsp3) is 0.471. The van der Waals surface area contributed by atoms with Crippen molar-refractivity contribution in [1.82, 2.24) is 15.1 Å². The summed E-state index contributed by atoms with van der Waals surface area (Å²) in [6.45, 7) is 0.736. The van der Waals surface area contributed by atoms with Gasteiger partial charge in [-0.3, -0.25) is 14.5 Å². The summed E-state index contributed by atoms with van der Waals surface area (Å²) in [6.07, 6.45) is 0.542. The summed E-state index contributed by atoms with van der Waals surface area (Å²) in [5, 5.41) is 2.50. The van der Waals surface area contributed by atoms with Crippen LogP contribution < -0.4 is 19.5 Å². The van der Waals surface area contributed by atoms with E-state index in [-0.39, 0.29) is 36.7 Å². The van der Waals surface area contributed by atoms with Gasteiger partial charge in [-0.05, 0) is 18.6 Å². The molecule has 0 aromatic heterocycles. The number of amides is 4. The van der Waals surface area contributed by atoms with E-state index in [2.05, 4.69) is 5.32 Å². The molecule has 1 atom stereocenters. The molecule has 2 aliphatic heterocycles. The highest BCUT2D eigenvalue weighted by Crippen LogP contribution is 2.40. The maximum atomic E-state index is 13.0. The van der Waals surface area contributed by atoms with E-state index in [1.807, 2.05) is 0 Å². The number of likely N-dealkylation sites (tertiary alicyclic amines) is 1. The van der Waals surface area contributed by atoms with Crippen molar-refractivity contribution in [1.29, 1.82) is 0 Å². The first-order valence-electron chi connectivity index (χ1n) is 8.20. The Hall–Kier alpha value is -2.97. The van der Waals surface area contributed by atoms with Crippen molar-refractivity contribution in [2.24, 2.45) is 0 Å². The zero-order chi connectivity index (χ0) is 18.8. The van der Waals surface area contributed by atoms with Gasteiger partial charge in [0.2, 0.25) is 11.7 Å². The molecule has 9 heteroatoms. The SMILES string of the molecule is COc1ccc(C(=O)N2CCC(N3C(=O)CNC3=O)C2)c(OC)c1OC. The van der Waals surface area contributed by atoms with E-state index in [0.29, 0.717) is 30.0 Å². The summed E-state index contributed by atoms with van der Waals surface area (Å²) < 4.78 is 15.9. The second-order valence-corrected chi connectivity index (χ2v) is 6.00. The number of urea groups is 1. The minimum atomic E-state index is -0.405. The van der Waals surface area contributed by atoms with Crippen LogP contribution in [0, 0.1) is 0 Å². The molecule has 1 unspecified atom stereocenters. The van der Waals surface area contributed by atoms with Gasteiger partial charge in [-0.25, -0.2) is 4.79 Å². The number of hydrogen-bond acceptors (Lipinski definition) is 6. The minimum absolute atomic E-state index is 0.00673. The average Bonchev–Trinajstić information content (AvgIpc) is 3.25. The van der Waals surface area contributed by atoms with E-state index >= 15 is 0 Å². The van der Waals surface area contributed by atoms with E-state index in [1.165, 1.54) is 26.2 Å². The van der Waals surface area contributed by atoms with Gasteiger partial charge >= 0.3 is 6.03 Å². The Morgan fingerprint density at radius 2 is 1.85 bits per heavy atom. The van der Waals surface area contributed by atoms with E-state index in [1.54, 1.807) is 17.0 Å². The van der Waals surface area contributed by atoms with Gasteiger partial charge in [0.15, 0.2) is 11.5 Å². The zero-order valence-corrected chi connectivity index (χ0v) is 14.9. The van der Waals surface area contributed by atoms with Crippen molar-refractivity contribution < 1.29 is 28.6 Å². The lowest BCUT2D eigenvalue weighted by molar-refractivity contribution is -0.126. The third-order valence-electron chi connectivity index (χ3n) is 4.63. The first-order chi connectivity index (χ1) is 12.5. The monoisotopic (exact) mass is 363 g/mol. The highest BCUT2D eigenvalue weighted by atomic mass is 16.5. The van der Waals surface area contributed by atoms with Crippen LogP contribution in [0.4, 0.5) is 4.79 Å². The molecule has 9 nitrogen and oxygen atoms in total. The summed E-state index contributed by atoms with van der Waals surface area (Å²) in [5.74, 6) is 0.566. The molecule has 1 aromatic rings. The van der Waals surface area contributed by atoms with Crippen LogP contribution in [-0.2, 0) is 4.79 Å². The van der Waals surface area contributed by atoms with Crippen LogP contribution in [0.3, 0.4) is 0 Å². The maximum Gasteiger partial charge on any atom is 0.324 e. The predicted molar refractivity (Wildman–Crippen MR) is 90.7 cm³/mol. The topological polar surface area (TPSA) is 97.4 Å². The summed E-state index contributed by atoms with van der Waals surface area (Å²) in [7, 11) is 4.42. The molecule has 1 N–H and O–H groups in total. The molecule has 1 aromatic carbocycles. The second-order valence-electron chi connectivity index (χ2n) is 6.00. The second kappa shape index (κ2) is 7.11. The summed E-state index contributed by atoms with van der Waals surface area (Å²) in [4.78, 5) is 39.4. The Labute approximate surface area is 150 Å². The van der Waals surface area contributed by atoms with E-state index in [0.717, 1.165) is 0 Å². The third kappa shape index (κ3) is 2.89. The Balaban J connectivity index is 1.82. The number of rotatable bonds is 5. The van der Waals surface area contributed by atoms with Crippen LogP contribution in [-0.4, -0.2) is 74.7 Å². The molecule has 2 heterocycles. The largest absolute Gasteiger partial charge is 0.493 e. The fourth-order valence-corrected chi connectivity index (χ4v) is 3.38. The third-order valence-corrected chi connectivity index (χ3v) is 4.63. The number of hydrogen-bond donors (Lipinski definition) is 1. The molecule has 0 radical (unpaired) electrons. The molecule has 4 amide bonds. The van der Waals surface area contributed by atoms with Crippen molar-refractivity contribution in [3.05, 3.63) is 17.7 Å². The van der Waals surface area contributed by atoms with Gasteiger partial charge in [-0.1, -0.05) is 0 Å². The number of ether oxygens (including phenoxy) is 3. The summed E-state index contributed by atoms with van der Waals surface area (Å²) >= 11 is 0. The van der Waals surface area contributed by atoms with Crippen molar-refractivity contribution in [3.8, 4) is 17.2 Å². The molecule has 2 aliphatic rings. The molecular formula is C17H21N3O6. The quantitative estimate of drug-likeness (QED) is 0.764. The molecule has 140 valence electrons.